The van der Waals surface area contributed by atoms with Gasteiger partial charge in [-0.1, -0.05) is 0 Å². The molecule has 1 N–H and O–H groups in total. The van der Waals surface area contributed by atoms with Crippen LogP contribution in [0.5, 0.6) is 0 Å². The number of nitrogens with zero attached hydrogens (tertiary/aromatic N) is 2. The number of nitrogens with one attached hydrogen (secondary N) is 1. The molecule has 0 radical (unpaired) electrons. The first kappa shape index (κ1) is 15.7. The first-order chi connectivity index (χ1) is 9.23. The Morgan fingerprint density at radius 3 is 2.25 bits per heavy atom. The fraction of sp³-hybridized carbons (Fsp3) is 0.923. The van der Waals surface area contributed by atoms with Gasteiger partial charge in [0.15, 0.2) is 9.84 Å². The summed E-state index contributed by atoms with van der Waals surface area (Å²) in [6.45, 7) is 7.97. The van der Waals surface area contributed by atoms with Gasteiger partial charge in [-0.15, -0.1) is 0 Å². The molecule has 7 heteroatoms. The zero-order valence-electron chi connectivity index (χ0n) is 12.6. The lowest BCUT2D eigenvalue weighted by atomic mass is 10.1. The molecule has 116 valence electrons. The molecule has 0 aromatic heterocycles. The van der Waals surface area contributed by atoms with Crippen molar-refractivity contribution in [2.75, 3.05) is 45.5 Å². The molecule has 1 unspecified atom stereocenters. The molecule has 0 aromatic rings. The SMILES string of the molecule is CC(C)(C(=O)N1CCN(C2CCNC2)CC1)S(C)(=O)=O. The summed E-state index contributed by atoms with van der Waals surface area (Å²) in [5, 5.41) is 3.35. The number of hydrogen-bond acceptors (Lipinski definition) is 5. The van der Waals surface area contributed by atoms with Crippen molar-refractivity contribution in [2.45, 2.75) is 31.1 Å². The van der Waals surface area contributed by atoms with Crippen molar-refractivity contribution >= 4 is 15.7 Å². The van der Waals surface area contributed by atoms with Crippen LogP contribution in [0.25, 0.3) is 0 Å². The van der Waals surface area contributed by atoms with Crippen LogP contribution >= 0.6 is 0 Å². The van der Waals surface area contributed by atoms with Crippen molar-refractivity contribution in [1.29, 1.82) is 0 Å². The summed E-state index contributed by atoms with van der Waals surface area (Å²) in [4.78, 5) is 16.5. The quantitative estimate of drug-likeness (QED) is 0.748. The molecule has 2 aliphatic heterocycles. The van der Waals surface area contributed by atoms with E-state index in [1.54, 1.807) is 4.90 Å². The molecule has 2 rings (SSSR count). The summed E-state index contributed by atoms with van der Waals surface area (Å²) in [6, 6.07) is 0.565. The van der Waals surface area contributed by atoms with Gasteiger partial charge in [-0.25, -0.2) is 8.42 Å². The summed E-state index contributed by atoms with van der Waals surface area (Å²) in [7, 11) is -3.39. The van der Waals surface area contributed by atoms with Gasteiger partial charge in [0.1, 0.15) is 4.75 Å². The van der Waals surface area contributed by atoms with Crippen LogP contribution < -0.4 is 5.32 Å². The van der Waals surface area contributed by atoms with Gasteiger partial charge < -0.3 is 10.2 Å². The van der Waals surface area contributed by atoms with Gasteiger partial charge in [-0.05, 0) is 26.8 Å². The molecule has 0 aliphatic carbocycles. The zero-order valence-corrected chi connectivity index (χ0v) is 13.4. The van der Waals surface area contributed by atoms with Gasteiger partial charge >= 0.3 is 0 Å². The number of hydrogen-bond donors (Lipinski definition) is 1. The topological polar surface area (TPSA) is 69.7 Å². The zero-order chi connectivity index (χ0) is 15.0. The molecule has 20 heavy (non-hydrogen) atoms. The molecule has 0 bridgehead atoms. The average molecular weight is 303 g/mol. The molecular weight excluding hydrogens is 278 g/mol. The maximum Gasteiger partial charge on any atom is 0.243 e. The van der Waals surface area contributed by atoms with Crippen molar-refractivity contribution in [3.05, 3.63) is 0 Å². The Balaban J connectivity index is 1.95. The van der Waals surface area contributed by atoms with E-state index in [-0.39, 0.29) is 5.91 Å². The highest BCUT2D eigenvalue weighted by Crippen LogP contribution is 2.20. The maximum absolute atomic E-state index is 12.4. The molecule has 0 spiro atoms. The highest BCUT2D eigenvalue weighted by atomic mass is 32.2. The Hall–Kier alpha value is -0.660. The lowest BCUT2D eigenvalue weighted by Gasteiger charge is -2.40. The fourth-order valence-corrected chi connectivity index (χ4v) is 3.23. The summed E-state index contributed by atoms with van der Waals surface area (Å²) in [5.74, 6) is -0.274. The van der Waals surface area contributed by atoms with Crippen LogP contribution in [0.15, 0.2) is 0 Å². The van der Waals surface area contributed by atoms with Crippen molar-refractivity contribution in [3.63, 3.8) is 0 Å². The predicted octanol–water partition coefficient (Wildman–Crippen LogP) is -0.684. The normalized spacial score (nSPS) is 25.9. The second-order valence-electron chi connectivity index (χ2n) is 6.26. The molecule has 2 heterocycles. The van der Waals surface area contributed by atoms with Crippen LogP contribution in [0.4, 0.5) is 0 Å². The molecule has 1 amide bonds. The molecule has 1 atom stereocenters. The summed E-state index contributed by atoms with van der Waals surface area (Å²) < 4.78 is 22.2. The van der Waals surface area contributed by atoms with Crippen molar-refractivity contribution in [2.24, 2.45) is 0 Å². The van der Waals surface area contributed by atoms with Gasteiger partial charge in [-0.2, -0.15) is 0 Å². The summed E-state index contributed by atoms with van der Waals surface area (Å²) >= 11 is 0. The maximum atomic E-state index is 12.4. The van der Waals surface area contributed by atoms with E-state index in [0.29, 0.717) is 19.1 Å². The van der Waals surface area contributed by atoms with Crippen LogP contribution in [-0.2, 0) is 14.6 Å². The molecule has 2 saturated heterocycles. The molecule has 6 nitrogen and oxygen atoms in total. The van der Waals surface area contributed by atoms with E-state index in [0.717, 1.165) is 38.9 Å². The van der Waals surface area contributed by atoms with E-state index >= 15 is 0 Å². The number of amides is 1. The highest BCUT2D eigenvalue weighted by Gasteiger charge is 2.42. The Morgan fingerprint density at radius 2 is 1.80 bits per heavy atom. The van der Waals surface area contributed by atoms with E-state index in [4.69, 9.17) is 0 Å². The molecule has 0 aromatic carbocycles. The average Bonchev–Trinajstić information content (AvgIpc) is 2.90. The second-order valence-corrected chi connectivity index (χ2v) is 8.82. The first-order valence-corrected chi connectivity index (χ1v) is 9.06. The Kier molecular flexibility index (Phi) is 4.41. The smallest absolute Gasteiger partial charge is 0.243 e. The van der Waals surface area contributed by atoms with E-state index in [1.807, 2.05) is 0 Å². The molecular formula is C13H25N3O3S. The first-order valence-electron chi connectivity index (χ1n) is 7.17. The van der Waals surface area contributed by atoms with Crippen LogP contribution in [0.1, 0.15) is 20.3 Å². The van der Waals surface area contributed by atoms with Crippen molar-refractivity contribution < 1.29 is 13.2 Å². The van der Waals surface area contributed by atoms with Gasteiger partial charge in [0.25, 0.3) is 0 Å². The number of carbonyl (C=O) groups is 1. The largest absolute Gasteiger partial charge is 0.339 e. The van der Waals surface area contributed by atoms with Crippen LogP contribution in [0.3, 0.4) is 0 Å². The lowest BCUT2D eigenvalue weighted by molar-refractivity contribution is -0.135. The monoisotopic (exact) mass is 303 g/mol. The molecule has 2 fully saturated rings. The third kappa shape index (κ3) is 2.99. The minimum Gasteiger partial charge on any atom is -0.339 e. The van der Waals surface area contributed by atoms with Crippen LogP contribution in [0.2, 0.25) is 0 Å². The third-order valence-electron chi connectivity index (χ3n) is 4.59. The van der Waals surface area contributed by atoms with E-state index in [2.05, 4.69) is 10.2 Å². The third-order valence-corrected chi connectivity index (χ3v) is 6.62. The minimum atomic E-state index is -3.39. The van der Waals surface area contributed by atoms with Gasteiger partial charge in [-0.3, -0.25) is 9.69 Å². The standard InChI is InChI=1S/C13H25N3O3S/c1-13(2,20(3,18)19)12(17)16-8-6-15(7-9-16)11-4-5-14-10-11/h11,14H,4-10H2,1-3H3. The summed E-state index contributed by atoms with van der Waals surface area (Å²) in [6.07, 6.45) is 2.29. The van der Waals surface area contributed by atoms with E-state index in [9.17, 15) is 13.2 Å². The number of carbonyl (C=O) groups excluding carboxylic acids is 1. The van der Waals surface area contributed by atoms with E-state index < -0.39 is 14.6 Å². The number of sulfone groups is 1. The van der Waals surface area contributed by atoms with Gasteiger partial charge in [0, 0.05) is 45.0 Å². The van der Waals surface area contributed by atoms with E-state index in [1.165, 1.54) is 13.8 Å². The van der Waals surface area contributed by atoms with Crippen LogP contribution in [-0.4, -0.2) is 80.4 Å². The molecule has 2 aliphatic rings. The minimum absolute atomic E-state index is 0.274. The Labute approximate surface area is 121 Å². The fourth-order valence-electron chi connectivity index (χ4n) is 2.78. The highest BCUT2D eigenvalue weighted by molar-refractivity contribution is 7.92. The Morgan fingerprint density at radius 1 is 1.20 bits per heavy atom. The second kappa shape index (κ2) is 5.61. The number of piperazine rings is 1. The van der Waals surface area contributed by atoms with Crippen molar-refractivity contribution in [1.82, 2.24) is 15.1 Å². The predicted molar refractivity (Wildman–Crippen MR) is 78.4 cm³/mol. The van der Waals surface area contributed by atoms with Gasteiger partial charge in [0.2, 0.25) is 5.91 Å². The van der Waals surface area contributed by atoms with Crippen LogP contribution in [0, 0.1) is 0 Å². The lowest BCUT2D eigenvalue weighted by Crippen LogP contribution is -2.57. The van der Waals surface area contributed by atoms with Crippen molar-refractivity contribution in [3.8, 4) is 0 Å². The summed E-state index contributed by atoms with van der Waals surface area (Å²) in [5.41, 5.74) is 0. The Bertz CT molecular complexity index is 461. The number of rotatable bonds is 3. The molecule has 0 saturated carbocycles. The van der Waals surface area contributed by atoms with Gasteiger partial charge in [0.05, 0.1) is 0 Å².